The Morgan fingerprint density at radius 1 is 0.794 bits per heavy atom. The summed E-state index contributed by atoms with van der Waals surface area (Å²) in [7, 11) is 1.69. The van der Waals surface area contributed by atoms with Crippen LogP contribution < -0.4 is 43.0 Å². The lowest BCUT2D eigenvalue weighted by Gasteiger charge is -2.28. The van der Waals surface area contributed by atoms with E-state index >= 15 is 0 Å². The van der Waals surface area contributed by atoms with E-state index in [1.165, 1.54) is 11.8 Å². The molecule has 0 saturated carbocycles. The van der Waals surface area contributed by atoms with Gasteiger partial charge in [0.05, 0.1) is 12.1 Å². The van der Waals surface area contributed by atoms with Crippen molar-refractivity contribution in [3.8, 4) is 0 Å². The van der Waals surface area contributed by atoms with Crippen LogP contribution in [0.2, 0.25) is 0 Å². The third-order valence-corrected chi connectivity index (χ3v) is 11.0. The fourth-order valence-corrected chi connectivity index (χ4v) is 7.78. The van der Waals surface area contributed by atoms with Crippen molar-refractivity contribution in [2.45, 2.75) is 115 Å². The average Bonchev–Trinajstić information content (AvgIpc) is 3.91. The molecule has 18 heteroatoms. The molecule has 1 saturated heterocycles. The molecule has 0 bridgehead atoms. The second-order valence-corrected chi connectivity index (χ2v) is 16.5. The summed E-state index contributed by atoms with van der Waals surface area (Å²) in [6.07, 6.45) is 5.32. The van der Waals surface area contributed by atoms with Gasteiger partial charge in [-0.15, -0.1) is 0 Å². The van der Waals surface area contributed by atoms with E-state index in [9.17, 15) is 33.6 Å². The van der Waals surface area contributed by atoms with Crippen LogP contribution in [0.1, 0.15) is 76.8 Å². The van der Waals surface area contributed by atoms with Gasteiger partial charge >= 0.3 is 0 Å². The fourth-order valence-electron chi connectivity index (χ4n) is 7.78. The molecule has 3 aromatic rings. The minimum absolute atomic E-state index is 0.0569. The molecule has 6 amide bonds. The van der Waals surface area contributed by atoms with E-state index in [1.807, 2.05) is 68.4 Å². The maximum absolute atomic E-state index is 14.2. The molecule has 18 nitrogen and oxygen atoms in total. The van der Waals surface area contributed by atoms with E-state index in [4.69, 9.17) is 11.1 Å². The molecule has 11 N–H and O–H groups in total. The molecule has 4 rings (SSSR count). The Morgan fingerprint density at radius 2 is 1.40 bits per heavy atom. The summed E-state index contributed by atoms with van der Waals surface area (Å²) in [5.41, 5.74) is 7.95. The van der Waals surface area contributed by atoms with Crippen LogP contribution in [0.25, 0.3) is 10.9 Å². The molecule has 1 aliphatic rings. The molecule has 2 aromatic carbocycles. The Morgan fingerprint density at radius 3 is 2.05 bits per heavy atom. The number of H-pyrrole nitrogens is 1. The number of aldehydes is 1. The molecule has 6 atom stereocenters. The number of fused-ring (bicyclic) bond motifs is 1. The zero-order valence-electron chi connectivity index (χ0n) is 36.8. The summed E-state index contributed by atoms with van der Waals surface area (Å²) >= 11 is 0. The van der Waals surface area contributed by atoms with Gasteiger partial charge in [0.25, 0.3) is 0 Å². The van der Waals surface area contributed by atoms with E-state index in [-0.39, 0.29) is 63.0 Å². The molecule has 1 aliphatic heterocycles. The lowest BCUT2D eigenvalue weighted by Crippen LogP contribution is -2.57. The number of nitrogens with zero attached hydrogens (tertiary/aromatic N) is 1. The number of carbonyl (C=O) groups is 7. The number of guanidine groups is 1. The predicted octanol–water partition coefficient (Wildman–Crippen LogP) is 0.896. The van der Waals surface area contributed by atoms with Crippen molar-refractivity contribution in [1.82, 2.24) is 47.1 Å². The van der Waals surface area contributed by atoms with E-state index in [0.29, 0.717) is 32.2 Å². The topological polar surface area (TPSA) is 273 Å². The quantitative estimate of drug-likeness (QED) is 0.0249. The van der Waals surface area contributed by atoms with Crippen molar-refractivity contribution in [2.24, 2.45) is 11.7 Å². The molecular weight excluding hydrogens is 807 g/mol. The largest absolute Gasteiger partial charge is 0.370 e. The highest BCUT2D eigenvalue weighted by molar-refractivity contribution is 5.95. The molecule has 0 radical (unpaired) electrons. The minimum Gasteiger partial charge on any atom is -0.370 e. The van der Waals surface area contributed by atoms with Crippen molar-refractivity contribution < 1.29 is 33.6 Å². The van der Waals surface area contributed by atoms with Crippen molar-refractivity contribution in [3.05, 3.63) is 71.9 Å². The zero-order valence-corrected chi connectivity index (χ0v) is 36.8. The Labute approximate surface area is 368 Å². The maximum Gasteiger partial charge on any atom is 0.245 e. The molecule has 342 valence electrons. The number of carbonyl (C=O) groups excluding carboxylic acids is 7. The van der Waals surface area contributed by atoms with E-state index in [2.05, 4.69) is 42.2 Å². The Hall–Kier alpha value is -6.30. The fraction of sp³-hybridized carbons (Fsp3) is 0.511. The van der Waals surface area contributed by atoms with Crippen LogP contribution in [0.4, 0.5) is 0 Å². The van der Waals surface area contributed by atoms with Crippen molar-refractivity contribution in [3.63, 3.8) is 0 Å². The first-order valence-electron chi connectivity index (χ1n) is 21.8. The molecule has 1 fully saturated rings. The summed E-state index contributed by atoms with van der Waals surface area (Å²) in [4.78, 5) is 97.9. The van der Waals surface area contributed by atoms with Gasteiger partial charge in [0.2, 0.25) is 35.4 Å². The van der Waals surface area contributed by atoms with Crippen molar-refractivity contribution in [1.29, 1.82) is 5.41 Å². The summed E-state index contributed by atoms with van der Waals surface area (Å²) in [6, 6.07) is 11.4. The Balaban J connectivity index is 1.50. The first-order chi connectivity index (χ1) is 30.2. The van der Waals surface area contributed by atoms with Gasteiger partial charge in [-0.3, -0.25) is 34.2 Å². The Bertz CT molecular complexity index is 2020. The molecule has 0 spiro atoms. The molecule has 1 aromatic heterocycles. The van der Waals surface area contributed by atoms with Gasteiger partial charge in [0.15, 0.2) is 5.96 Å². The van der Waals surface area contributed by atoms with Crippen molar-refractivity contribution in [2.75, 3.05) is 26.7 Å². The molecule has 0 aliphatic carbocycles. The first-order valence-corrected chi connectivity index (χ1v) is 21.8. The van der Waals surface area contributed by atoms with Crippen molar-refractivity contribution >= 4 is 58.6 Å². The smallest absolute Gasteiger partial charge is 0.245 e. The number of aromatic amines is 1. The lowest BCUT2D eigenvalue weighted by atomic mass is 10.0. The minimum atomic E-state index is -1.07. The number of likely N-dealkylation sites (N-methyl/N-ethyl adjacent to an activating group) is 1. The zero-order chi connectivity index (χ0) is 45.9. The van der Waals surface area contributed by atoms with Crippen LogP contribution in [0, 0.1) is 11.3 Å². The van der Waals surface area contributed by atoms with Crippen LogP contribution in [0.5, 0.6) is 0 Å². The van der Waals surface area contributed by atoms with Gasteiger partial charge in [-0.1, -0.05) is 62.4 Å². The second kappa shape index (κ2) is 25.0. The normalized spacial score (nSPS) is 16.0. The van der Waals surface area contributed by atoms with Crippen LogP contribution in [0.15, 0.2) is 60.8 Å². The Kier molecular flexibility index (Phi) is 19.6. The summed E-state index contributed by atoms with van der Waals surface area (Å²) in [6.45, 7) is 5.97. The van der Waals surface area contributed by atoms with E-state index in [1.54, 1.807) is 13.2 Å². The third kappa shape index (κ3) is 15.5. The highest BCUT2D eigenvalue weighted by atomic mass is 16.2. The standard InChI is InChI=1S/C45H65N11O7/c1-28(2)23-37(48-4)41(60)55-39(25-31-26-51-34-17-9-8-16-33(31)34)43(62)53-35(18-10-21-50-45(46)47)40(59)49-20-11-19-36(44(63)56-22-12-15-32(56)27-57)54-42(61)38(52-29(3)58)24-30-13-6-5-7-14-30/h5-9,13-14,16-17,26-28,32,35-39,48,51H,10-12,15,18-25H2,1-4H3,(H,49,59)(H,52,58)(H,53,62)(H,54,61)(H,55,60)(H4,46,47,50)/t32?,35?,36-,37+,38-,39?/m0/s1. The summed E-state index contributed by atoms with van der Waals surface area (Å²) in [5.74, 6) is -2.91. The number of hydrogen-bond donors (Lipinski definition) is 10. The first kappa shape index (κ1) is 49.4. The van der Waals surface area contributed by atoms with Gasteiger partial charge in [0, 0.05) is 56.5 Å². The molecule has 3 unspecified atom stereocenters. The lowest BCUT2D eigenvalue weighted by molar-refractivity contribution is -0.139. The second-order valence-electron chi connectivity index (χ2n) is 16.5. The van der Waals surface area contributed by atoms with Crippen LogP contribution in [0.3, 0.4) is 0 Å². The average molecular weight is 872 g/mol. The SMILES string of the molecule is CN[C@H](CC(C)C)C(=O)NC(Cc1c[nH]c2ccccc12)C(=O)NC(CCCNC(=N)N)C(=O)NCCC[C@H](NC(=O)[C@H](Cc1ccccc1)NC(C)=O)C(=O)N1CCCC1C=O. The van der Waals surface area contributed by atoms with Gasteiger partial charge < -0.3 is 57.6 Å². The molecular formula is C45H65N11O7. The van der Waals surface area contributed by atoms with Gasteiger partial charge in [-0.05, 0) is 75.1 Å². The summed E-state index contributed by atoms with van der Waals surface area (Å²) < 4.78 is 0. The maximum atomic E-state index is 14.2. The number of benzene rings is 2. The predicted molar refractivity (Wildman–Crippen MR) is 240 cm³/mol. The number of para-hydroxylation sites is 1. The molecule has 63 heavy (non-hydrogen) atoms. The van der Waals surface area contributed by atoms with Gasteiger partial charge in [-0.25, -0.2) is 0 Å². The number of nitrogens with one attached hydrogen (secondary N) is 9. The van der Waals surface area contributed by atoms with Crippen LogP contribution >= 0.6 is 0 Å². The summed E-state index contributed by atoms with van der Waals surface area (Å²) in [5, 5.41) is 28.3. The number of nitrogens with two attached hydrogens (primary N) is 1. The van der Waals surface area contributed by atoms with Crippen LogP contribution in [-0.2, 0) is 46.4 Å². The number of amides is 6. The van der Waals surface area contributed by atoms with Gasteiger partial charge in [-0.2, -0.15) is 0 Å². The number of likely N-dealkylation sites (tertiary alicyclic amines) is 1. The van der Waals surface area contributed by atoms with Crippen LogP contribution in [-0.4, -0.2) is 121 Å². The monoisotopic (exact) mass is 872 g/mol. The van der Waals surface area contributed by atoms with Gasteiger partial charge in [0.1, 0.15) is 30.5 Å². The van der Waals surface area contributed by atoms with E-state index < -0.39 is 65.8 Å². The molecule has 2 heterocycles. The number of aromatic nitrogens is 1. The third-order valence-electron chi connectivity index (χ3n) is 11.0. The number of rotatable bonds is 25. The highest BCUT2D eigenvalue weighted by Crippen LogP contribution is 2.21. The number of hydrogen-bond acceptors (Lipinski definition) is 9. The van der Waals surface area contributed by atoms with E-state index in [0.717, 1.165) is 28.3 Å². The highest BCUT2D eigenvalue weighted by Gasteiger charge is 2.35.